The number of fused-ring (bicyclic) bond motifs is 1. The fraction of sp³-hybridized carbons (Fsp3) is 0.278. The first-order chi connectivity index (χ1) is 11.4. The van der Waals surface area contributed by atoms with Crippen molar-refractivity contribution in [2.45, 2.75) is 19.4 Å². The molecule has 1 saturated carbocycles. The van der Waals surface area contributed by atoms with Gasteiger partial charge in [-0.15, -0.1) is 0 Å². The molecule has 116 valence electrons. The maximum Gasteiger partial charge on any atom is 0.131 e. The second-order valence-corrected chi connectivity index (χ2v) is 6.00. The summed E-state index contributed by atoms with van der Waals surface area (Å²) >= 11 is 0. The molecule has 0 saturated heterocycles. The third kappa shape index (κ3) is 3.56. The number of nitrogens with zero attached hydrogens (tertiary/aromatic N) is 3. The average molecular weight is 305 g/mol. The van der Waals surface area contributed by atoms with Crippen LogP contribution in [0.15, 0.2) is 48.9 Å². The molecule has 5 nitrogen and oxygen atoms in total. The van der Waals surface area contributed by atoms with Gasteiger partial charge in [0.1, 0.15) is 18.0 Å². The molecule has 0 amide bonds. The number of nitrogens with one attached hydrogen (secondary N) is 2. The predicted octanol–water partition coefficient (Wildman–Crippen LogP) is 3.46. The molecule has 2 N–H and O–H groups in total. The normalized spacial score (nSPS) is 13.9. The Morgan fingerprint density at radius 3 is 2.70 bits per heavy atom. The van der Waals surface area contributed by atoms with E-state index in [0.29, 0.717) is 0 Å². The molecular formula is C18H19N5. The molecule has 0 bridgehead atoms. The van der Waals surface area contributed by atoms with Gasteiger partial charge in [-0.2, -0.15) is 0 Å². The summed E-state index contributed by atoms with van der Waals surface area (Å²) in [5.74, 6) is 2.55. The Labute approximate surface area is 135 Å². The van der Waals surface area contributed by atoms with Gasteiger partial charge in [-0.25, -0.2) is 9.97 Å². The maximum absolute atomic E-state index is 4.34. The Morgan fingerprint density at radius 1 is 0.957 bits per heavy atom. The summed E-state index contributed by atoms with van der Waals surface area (Å²) in [5, 5.41) is 7.88. The van der Waals surface area contributed by atoms with E-state index in [1.807, 2.05) is 18.3 Å². The van der Waals surface area contributed by atoms with Crippen molar-refractivity contribution < 1.29 is 0 Å². The molecule has 3 aromatic rings. The lowest BCUT2D eigenvalue weighted by atomic mass is 10.1. The van der Waals surface area contributed by atoms with Gasteiger partial charge in [0.15, 0.2) is 0 Å². The van der Waals surface area contributed by atoms with E-state index in [0.717, 1.165) is 41.5 Å². The van der Waals surface area contributed by atoms with Gasteiger partial charge in [-0.05, 0) is 42.5 Å². The Bertz CT molecular complexity index is 813. The van der Waals surface area contributed by atoms with E-state index in [1.54, 1.807) is 6.33 Å². The van der Waals surface area contributed by atoms with Crippen molar-refractivity contribution in [3.63, 3.8) is 0 Å². The zero-order chi connectivity index (χ0) is 15.5. The molecule has 5 heteroatoms. The van der Waals surface area contributed by atoms with Crippen molar-refractivity contribution in [1.82, 2.24) is 15.0 Å². The van der Waals surface area contributed by atoms with Gasteiger partial charge in [0, 0.05) is 30.7 Å². The highest BCUT2D eigenvalue weighted by atomic mass is 15.1. The molecule has 0 spiro atoms. The number of rotatable bonds is 6. The number of anilines is 2. The van der Waals surface area contributed by atoms with Crippen LogP contribution >= 0.6 is 0 Å². The van der Waals surface area contributed by atoms with E-state index < -0.39 is 0 Å². The van der Waals surface area contributed by atoms with E-state index in [2.05, 4.69) is 49.9 Å². The molecular weight excluding hydrogens is 286 g/mol. The molecule has 23 heavy (non-hydrogen) atoms. The molecule has 0 radical (unpaired) electrons. The Balaban J connectivity index is 1.41. The molecule has 1 aliphatic rings. The van der Waals surface area contributed by atoms with Crippen LogP contribution in [-0.2, 0) is 6.54 Å². The van der Waals surface area contributed by atoms with Crippen LogP contribution < -0.4 is 10.6 Å². The summed E-state index contributed by atoms with van der Waals surface area (Å²) in [5.41, 5.74) is 2.22. The van der Waals surface area contributed by atoms with Gasteiger partial charge in [-0.3, -0.25) is 4.98 Å². The van der Waals surface area contributed by atoms with E-state index in [1.165, 1.54) is 18.4 Å². The first-order valence-electron chi connectivity index (χ1n) is 8.00. The number of aromatic nitrogens is 3. The minimum absolute atomic E-state index is 0.726. The third-order valence-electron chi connectivity index (χ3n) is 4.08. The molecule has 0 aliphatic heterocycles. The summed E-state index contributed by atoms with van der Waals surface area (Å²) in [4.78, 5) is 12.9. The van der Waals surface area contributed by atoms with Crippen molar-refractivity contribution in [3.05, 3.63) is 54.5 Å². The minimum Gasteiger partial charge on any atom is -0.370 e. The Kier molecular flexibility index (Phi) is 3.76. The van der Waals surface area contributed by atoms with E-state index in [9.17, 15) is 0 Å². The van der Waals surface area contributed by atoms with Gasteiger partial charge < -0.3 is 10.6 Å². The largest absolute Gasteiger partial charge is 0.370 e. The molecule has 2 aromatic heterocycles. The van der Waals surface area contributed by atoms with Crippen LogP contribution in [-0.4, -0.2) is 21.5 Å². The number of hydrogen-bond donors (Lipinski definition) is 2. The van der Waals surface area contributed by atoms with Crippen LogP contribution in [0.1, 0.15) is 18.4 Å². The topological polar surface area (TPSA) is 62.7 Å². The summed E-state index contributed by atoms with van der Waals surface area (Å²) in [6.07, 6.45) is 6.08. The van der Waals surface area contributed by atoms with Crippen LogP contribution in [0.4, 0.5) is 11.6 Å². The third-order valence-corrected chi connectivity index (χ3v) is 4.08. The Morgan fingerprint density at radius 2 is 1.83 bits per heavy atom. The minimum atomic E-state index is 0.726. The second kappa shape index (κ2) is 6.20. The SMILES string of the molecule is c1cnc2ccc(CNc3cc(NCC4CC4)ncn3)cc2c1. The van der Waals surface area contributed by atoms with Crippen molar-refractivity contribution in [3.8, 4) is 0 Å². The van der Waals surface area contributed by atoms with Crippen LogP contribution in [0.5, 0.6) is 0 Å². The Hall–Kier alpha value is -2.69. The second-order valence-electron chi connectivity index (χ2n) is 6.00. The lowest BCUT2D eigenvalue weighted by Gasteiger charge is -2.09. The standard InChI is InChI=1S/C18H19N5/c1-2-15-8-14(5-6-16(15)19-7-1)11-21-18-9-17(22-12-23-18)20-10-13-3-4-13/h1-2,5-9,12-13H,3-4,10-11H2,(H2,20,21,22,23). The zero-order valence-electron chi connectivity index (χ0n) is 12.9. The van der Waals surface area contributed by atoms with Gasteiger partial charge in [0.2, 0.25) is 0 Å². The number of hydrogen-bond acceptors (Lipinski definition) is 5. The average Bonchev–Trinajstić information content (AvgIpc) is 3.43. The van der Waals surface area contributed by atoms with E-state index >= 15 is 0 Å². The fourth-order valence-corrected chi connectivity index (χ4v) is 2.55. The fourth-order valence-electron chi connectivity index (χ4n) is 2.55. The summed E-state index contributed by atoms with van der Waals surface area (Å²) in [6, 6.07) is 12.3. The van der Waals surface area contributed by atoms with E-state index in [-0.39, 0.29) is 0 Å². The molecule has 2 heterocycles. The molecule has 1 aliphatic carbocycles. The molecule has 0 atom stereocenters. The summed E-state index contributed by atoms with van der Waals surface area (Å²) in [6.45, 7) is 1.73. The number of benzene rings is 1. The van der Waals surface area contributed by atoms with Gasteiger partial charge in [0.05, 0.1) is 5.52 Å². The first kappa shape index (κ1) is 13.9. The molecule has 1 fully saturated rings. The monoisotopic (exact) mass is 305 g/mol. The van der Waals surface area contributed by atoms with Gasteiger partial charge in [-0.1, -0.05) is 12.1 Å². The lowest BCUT2D eigenvalue weighted by molar-refractivity contribution is 0.881. The lowest BCUT2D eigenvalue weighted by Crippen LogP contribution is -2.07. The van der Waals surface area contributed by atoms with Crippen LogP contribution in [0.3, 0.4) is 0 Å². The van der Waals surface area contributed by atoms with Crippen LogP contribution in [0.2, 0.25) is 0 Å². The van der Waals surface area contributed by atoms with Crippen molar-refractivity contribution in [2.24, 2.45) is 5.92 Å². The quantitative estimate of drug-likeness (QED) is 0.730. The molecule has 4 rings (SSSR count). The summed E-state index contributed by atoms with van der Waals surface area (Å²) < 4.78 is 0. The highest BCUT2D eigenvalue weighted by molar-refractivity contribution is 5.78. The number of pyridine rings is 1. The maximum atomic E-state index is 4.34. The highest BCUT2D eigenvalue weighted by Gasteiger charge is 2.20. The van der Waals surface area contributed by atoms with Crippen molar-refractivity contribution in [2.75, 3.05) is 17.2 Å². The highest BCUT2D eigenvalue weighted by Crippen LogP contribution is 2.28. The molecule has 0 unspecified atom stereocenters. The molecule has 1 aromatic carbocycles. The zero-order valence-corrected chi connectivity index (χ0v) is 12.9. The first-order valence-corrected chi connectivity index (χ1v) is 8.00. The van der Waals surface area contributed by atoms with Gasteiger partial charge in [0.25, 0.3) is 0 Å². The smallest absolute Gasteiger partial charge is 0.131 e. The van der Waals surface area contributed by atoms with Gasteiger partial charge >= 0.3 is 0 Å². The van der Waals surface area contributed by atoms with Crippen LogP contribution in [0.25, 0.3) is 10.9 Å². The predicted molar refractivity (Wildman–Crippen MR) is 92.3 cm³/mol. The van der Waals surface area contributed by atoms with Crippen LogP contribution in [0, 0.1) is 5.92 Å². The van der Waals surface area contributed by atoms with Crippen molar-refractivity contribution >= 4 is 22.5 Å². The summed E-state index contributed by atoms with van der Waals surface area (Å²) in [7, 11) is 0. The van der Waals surface area contributed by atoms with Crippen molar-refractivity contribution in [1.29, 1.82) is 0 Å². The van der Waals surface area contributed by atoms with E-state index in [4.69, 9.17) is 0 Å².